The third kappa shape index (κ3) is 3.69. The van der Waals surface area contributed by atoms with Crippen LogP contribution < -0.4 is 17.0 Å². The van der Waals surface area contributed by atoms with E-state index in [2.05, 4.69) is 4.98 Å². The molecule has 2 heterocycles. The summed E-state index contributed by atoms with van der Waals surface area (Å²) in [6.07, 6.45) is -0.0616. The molecular formula is C21H24N4O4. The smallest absolute Gasteiger partial charge is 0.329 e. The number of aromatic amines is 1. The van der Waals surface area contributed by atoms with E-state index in [9.17, 15) is 19.8 Å². The molecule has 152 valence electrons. The Morgan fingerprint density at radius 2 is 1.93 bits per heavy atom. The number of phenols is 1. The number of β-amino-alcohol motifs (C(OH)–C–C–N with tert-alkyl or cyclic N) is 1. The van der Waals surface area contributed by atoms with Crippen LogP contribution in [0.1, 0.15) is 17.2 Å². The summed E-state index contributed by atoms with van der Waals surface area (Å²) < 4.78 is 1.46. The SMILES string of the molecule is NCCc1ccc(O)c(CN2C[C@H](O)[C@@H](n3c(=O)[nH]c(=O)c4ccccc43)C2)c1. The molecule has 8 heteroatoms. The summed E-state index contributed by atoms with van der Waals surface area (Å²) in [5.41, 5.74) is 6.94. The number of aromatic nitrogens is 2. The van der Waals surface area contributed by atoms with Crippen LogP contribution in [-0.2, 0) is 13.0 Å². The van der Waals surface area contributed by atoms with Crippen LogP contribution in [0.25, 0.3) is 10.9 Å². The quantitative estimate of drug-likeness (QED) is 0.492. The lowest BCUT2D eigenvalue weighted by Crippen LogP contribution is -2.37. The Morgan fingerprint density at radius 1 is 1.14 bits per heavy atom. The van der Waals surface area contributed by atoms with E-state index in [-0.39, 0.29) is 5.75 Å². The number of likely N-dealkylation sites (tertiary alicyclic amines) is 1. The van der Waals surface area contributed by atoms with Gasteiger partial charge in [0, 0.05) is 25.2 Å². The van der Waals surface area contributed by atoms with Gasteiger partial charge >= 0.3 is 5.69 Å². The number of rotatable bonds is 5. The molecule has 1 aromatic heterocycles. The molecule has 1 aliphatic heterocycles. The first kappa shape index (κ1) is 19.4. The van der Waals surface area contributed by atoms with E-state index in [1.807, 2.05) is 17.0 Å². The highest BCUT2D eigenvalue weighted by Crippen LogP contribution is 2.27. The number of H-pyrrole nitrogens is 1. The van der Waals surface area contributed by atoms with Gasteiger partial charge < -0.3 is 15.9 Å². The second-order valence-electron chi connectivity index (χ2n) is 7.48. The highest BCUT2D eigenvalue weighted by atomic mass is 16.3. The Bertz CT molecular complexity index is 1150. The third-order valence-electron chi connectivity index (χ3n) is 5.48. The summed E-state index contributed by atoms with van der Waals surface area (Å²) in [5.74, 6) is 0.190. The molecule has 0 amide bonds. The van der Waals surface area contributed by atoms with E-state index in [0.717, 1.165) is 17.5 Å². The lowest BCUT2D eigenvalue weighted by molar-refractivity contribution is 0.143. The zero-order valence-corrected chi connectivity index (χ0v) is 15.9. The number of benzene rings is 2. The van der Waals surface area contributed by atoms with Crippen LogP contribution in [0, 0.1) is 0 Å². The average molecular weight is 396 g/mol. The molecule has 5 N–H and O–H groups in total. The number of aliphatic hydroxyl groups is 1. The molecule has 0 unspecified atom stereocenters. The Morgan fingerprint density at radius 3 is 2.72 bits per heavy atom. The van der Waals surface area contributed by atoms with Crippen molar-refractivity contribution in [2.75, 3.05) is 19.6 Å². The highest BCUT2D eigenvalue weighted by Gasteiger charge is 2.34. The van der Waals surface area contributed by atoms with Gasteiger partial charge in [-0.15, -0.1) is 0 Å². The van der Waals surface area contributed by atoms with Crippen LogP contribution in [0.15, 0.2) is 52.1 Å². The number of phenolic OH excluding ortho intramolecular Hbond substituents is 1. The molecule has 0 aliphatic carbocycles. The zero-order valence-electron chi connectivity index (χ0n) is 15.9. The van der Waals surface area contributed by atoms with Gasteiger partial charge in [0.05, 0.1) is 23.0 Å². The van der Waals surface area contributed by atoms with Gasteiger partial charge in [0.15, 0.2) is 0 Å². The Labute approximate surface area is 166 Å². The Kier molecular flexibility index (Phi) is 5.23. The van der Waals surface area contributed by atoms with Gasteiger partial charge in [0.2, 0.25) is 0 Å². The third-order valence-corrected chi connectivity index (χ3v) is 5.48. The van der Waals surface area contributed by atoms with Crippen molar-refractivity contribution in [2.24, 2.45) is 5.73 Å². The van der Waals surface area contributed by atoms with Crippen LogP contribution in [0.2, 0.25) is 0 Å². The number of aliphatic hydroxyl groups excluding tert-OH is 1. The highest BCUT2D eigenvalue weighted by molar-refractivity contribution is 5.77. The summed E-state index contributed by atoms with van der Waals surface area (Å²) in [4.78, 5) is 29.0. The molecule has 2 atom stereocenters. The van der Waals surface area contributed by atoms with Crippen molar-refractivity contribution in [1.82, 2.24) is 14.5 Å². The lowest BCUT2D eigenvalue weighted by Gasteiger charge is -2.20. The molecule has 1 fully saturated rings. The molecule has 3 aromatic rings. The van der Waals surface area contributed by atoms with Crippen molar-refractivity contribution in [2.45, 2.75) is 25.1 Å². The first-order chi connectivity index (χ1) is 14.0. The maximum absolute atomic E-state index is 12.5. The van der Waals surface area contributed by atoms with Crippen molar-refractivity contribution in [3.8, 4) is 5.75 Å². The summed E-state index contributed by atoms with van der Waals surface area (Å²) in [5, 5.41) is 21.3. The van der Waals surface area contributed by atoms with Crippen LogP contribution in [0.5, 0.6) is 5.75 Å². The largest absolute Gasteiger partial charge is 0.508 e. The number of hydrogen-bond donors (Lipinski definition) is 4. The normalized spacial score (nSPS) is 19.8. The van der Waals surface area contributed by atoms with E-state index in [0.29, 0.717) is 37.1 Å². The van der Waals surface area contributed by atoms with Gasteiger partial charge in [-0.2, -0.15) is 0 Å². The summed E-state index contributed by atoms with van der Waals surface area (Å²) in [7, 11) is 0. The molecule has 1 saturated heterocycles. The first-order valence-corrected chi connectivity index (χ1v) is 9.62. The molecule has 1 aliphatic rings. The molecule has 8 nitrogen and oxygen atoms in total. The fraction of sp³-hybridized carbons (Fsp3) is 0.333. The van der Waals surface area contributed by atoms with Gasteiger partial charge in [-0.25, -0.2) is 4.79 Å². The lowest BCUT2D eigenvalue weighted by atomic mass is 10.1. The second-order valence-corrected chi connectivity index (χ2v) is 7.48. The summed E-state index contributed by atoms with van der Waals surface area (Å²) in [6.45, 7) is 1.73. The molecule has 0 bridgehead atoms. The molecule has 29 heavy (non-hydrogen) atoms. The van der Waals surface area contributed by atoms with Crippen LogP contribution >= 0.6 is 0 Å². The van der Waals surface area contributed by atoms with E-state index < -0.39 is 23.4 Å². The predicted octanol–water partition coefficient (Wildman–Crippen LogP) is 0.314. The number of aromatic hydroxyl groups is 1. The monoisotopic (exact) mass is 396 g/mol. The molecule has 0 radical (unpaired) electrons. The van der Waals surface area contributed by atoms with Gasteiger partial charge in [0.1, 0.15) is 5.75 Å². The Hall–Kier alpha value is -2.94. The van der Waals surface area contributed by atoms with E-state index in [1.165, 1.54) is 4.57 Å². The van der Waals surface area contributed by atoms with Crippen molar-refractivity contribution in [3.05, 3.63) is 74.4 Å². The van der Waals surface area contributed by atoms with E-state index in [4.69, 9.17) is 5.73 Å². The number of fused-ring (bicyclic) bond motifs is 1. The topological polar surface area (TPSA) is 125 Å². The minimum Gasteiger partial charge on any atom is -0.508 e. The van der Waals surface area contributed by atoms with Crippen molar-refractivity contribution >= 4 is 10.9 Å². The Balaban J connectivity index is 1.64. The first-order valence-electron chi connectivity index (χ1n) is 9.62. The fourth-order valence-corrected chi connectivity index (χ4v) is 4.10. The van der Waals surface area contributed by atoms with E-state index >= 15 is 0 Å². The number of hydrogen-bond acceptors (Lipinski definition) is 6. The summed E-state index contributed by atoms with van der Waals surface area (Å²) >= 11 is 0. The van der Waals surface area contributed by atoms with Crippen LogP contribution in [0.4, 0.5) is 0 Å². The van der Waals surface area contributed by atoms with Crippen molar-refractivity contribution in [3.63, 3.8) is 0 Å². The number of nitrogens with two attached hydrogens (primary N) is 1. The van der Waals surface area contributed by atoms with Crippen LogP contribution in [-0.4, -0.2) is 50.4 Å². The maximum atomic E-state index is 12.5. The minimum atomic E-state index is -0.781. The fourth-order valence-electron chi connectivity index (χ4n) is 4.10. The maximum Gasteiger partial charge on any atom is 0.329 e. The summed E-state index contributed by atoms with van der Waals surface area (Å²) in [6, 6.07) is 11.8. The van der Waals surface area contributed by atoms with Gasteiger partial charge in [0.25, 0.3) is 5.56 Å². The standard InChI is InChI=1S/C21H24N4O4/c22-8-7-13-5-6-18(26)14(9-13)10-24-11-17(19(27)12-24)25-16-4-2-1-3-15(16)20(28)23-21(25)29/h1-6,9,17,19,26-27H,7-8,10-12,22H2,(H,23,28,29)/t17-,19-/m0/s1. The predicted molar refractivity (Wildman–Crippen MR) is 110 cm³/mol. The van der Waals surface area contributed by atoms with Crippen molar-refractivity contribution < 1.29 is 10.2 Å². The van der Waals surface area contributed by atoms with Gasteiger partial charge in [-0.05, 0) is 36.7 Å². The molecule has 2 aromatic carbocycles. The molecule has 4 rings (SSSR count). The number of nitrogens with zero attached hydrogens (tertiary/aromatic N) is 2. The van der Waals surface area contributed by atoms with Gasteiger partial charge in [-0.1, -0.05) is 24.3 Å². The van der Waals surface area contributed by atoms with E-state index in [1.54, 1.807) is 30.3 Å². The molecular weight excluding hydrogens is 372 g/mol. The molecule has 0 spiro atoms. The van der Waals surface area contributed by atoms with Gasteiger partial charge in [-0.3, -0.25) is 19.2 Å². The average Bonchev–Trinajstić information content (AvgIpc) is 3.04. The molecule has 0 saturated carbocycles. The van der Waals surface area contributed by atoms with Crippen LogP contribution in [0.3, 0.4) is 0 Å². The van der Waals surface area contributed by atoms with Crippen molar-refractivity contribution in [1.29, 1.82) is 0 Å². The minimum absolute atomic E-state index is 0.190. The number of para-hydroxylation sites is 1. The second kappa shape index (κ2) is 7.82. The number of nitrogens with one attached hydrogen (secondary N) is 1. The zero-order chi connectivity index (χ0) is 20.5.